The average molecular weight is 417 g/mol. The van der Waals surface area contributed by atoms with E-state index in [1.807, 2.05) is 13.8 Å². The van der Waals surface area contributed by atoms with Crippen molar-refractivity contribution in [3.63, 3.8) is 0 Å². The monoisotopic (exact) mass is 417 g/mol. The van der Waals surface area contributed by atoms with Gasteiger partial charge in [0.15, 0.2) is 0 Å². The minimum absolute atomic E-state index is 0.0176. The van der Waals surface area contributed by atoms with Crippen LogP contribution in [0.4, 0.5) is 14.5 Å². The van der Waals surface area contributed by atoms with Gasteiger partial charge in [-0.3, -0.25) is 14.4 Å². The van der Waals surface area contributed by atoms with Crippen LogP contribution >= 0.6 is 0 Å². The van der Waals surface area contributed by atoms with Gasteiger partial charge >= 0.3 is 0 Å². The van der Waals surface area contributed by atoms with Crippen molar-refractivity contribution in [2.75, 3.05) is 18.4 Å². The van der Waals surface area contributed by atoms with Crippen LogP contribution in [0.2, 0.25) is 0 Å². The lowest BCUT2D eigenvalue weighted by atomic mass is 10.1. The zero-order valence-corrected chi connectivity index (χ0v) is 17.1. The van der Waals surface area contributed by atoms with Gasteiger partial charge in [-0.25, -0.2) is 8.78 Å². The molecule has 0 unspecified atom stereocenters. The molecule has 0 aliphatic carbocycles. The molecule has 6 nitrogen and oxygen atoms in total. The number of carbonyl (C=O) groups is 3. The lowest BCUT2D eigenvalue weighted by molar-refractivity contribution is -0.116. The van der Waals surface area contributed by atoms with Crippen LogP contribution in [-0.4, -0.2) is 30.8 Å². The Balaban J connectivity index is 1.85. The van der Waals surface area contributed by atoms with Crippen molar-refractivity contribution in [3.8, 4) is 0 Å². The predicted octanol–water partition coefficient (Wildman–Crippen LogP) is 3.42. The molecule has 3 amide bonds. The maximum absolute atomic E-state index is 13.6. The molecule has 0 spiro atoms. The van der Waals surface area contributed by atoms with E-state index in [1.165, 1.54) is 0 Å². The largest absolute Gasteiger partial charge is 0.352 e. The van der Waals surface area contributed by atoms with Gasteiger partial charge in [0.05, 0.1) is 5.56 Å². The predicted molar refractivity (Wildman–Crippen MR) is 110 cm³/mol. The minimum Gasteiger partial charge on any atom is -0.352 e. The molecule has 0 atom stereocenters. The van der Waals surface area contributed by atoms with E-state index >= 15 is 0 Å². The highest BCUT2D eigenvalue weighted by Crippen LogP contribution is 2.17. The number of rotatable bonds is 8. The van der Waals surface area contributed by atoms with Gasteiger partial charge in [0.2, 0.25) is 5.91 Å². The summed E-state index contributed by atoms with van der Waals surface area (Å²) in [6.45, 7) is 6.33. The van der Waals surface area contributed by atoms with Crippen molar-refractivity contribution in [2.45, 2.75) is 27.2 Å². The minimum atomic E-state index is -0.968. The first-order valence-corrected chi connectivity index (χ1v) is 9.59. The number of halogens is 2. The van der Waals surface area contributed by atoms with Crippen molar-refractivity contribution in [1.29, 1.82) is 0 Å². The van der Waals surface area contributed by atoms with Crippen LogP contribution < -0.4 is 16.0 Å². The van der Waals surface area contributed by atoms with Gasteiger partial charge < -0.3 is 16.0 Å². The third kappa shape index (κ3) is 6.65. The third-order valence-electron chi connectivity index (χ3n) is 4.25. The number of benzene rings is 2. The summed E-state index contributed by atoms with van der Waals surface area (Å²) < 4.78 is 26.5. The van der Waals surface area contributed by atoms with Crippen LogP contribution in [0.15, 0.2) is 36.4 Å². The van der Waals surface area contributed by atoms with Crippen molar-refractivity contribution < 1.29 is 23.2 Å². The normalized spacial score (nSPS) is 10.6. The molecule has 0 saturated heterocycles. The van der Waals surface area contributed by atoms with E-state index < -0.39 is 17.5 Å². The second-order valence-corrected chi connectivity index (χ2v) is 7.31. The summed E-state index contributed by atoms with van der Waals surface area (Å²) in [4.78, 5) is 36.2. The average Bonchev–Trinajstić information content (AvgIpc) is 2.67. The quantitative estimate of drug-likeness (QED) is 0.615. The third-order valence-corrected chi connectivity index (χ3v) is 4.25. The molecule has 8 heteroatoms. The zero-order chi connectivity index (χ0) is 22.3. The van der Waals surface area contributed by atoms with E-state index in [0.29, 0.717) is 29.8 Å². The van der Waals surface area contributed by atoms with Crippen LogP contribution in [-0.2, 0) is 4.79 Å². The van der Waals surface area contributed by atoms with Crippen LogP contribution in [0.5, 0.6) is 0 Å². The van der Waals surface area contributed by atoms with Gasteiger partial charge in [-0.1, -0.05) is 13.8 Å². The van der Waals surface area contributed by atoms with E-state index in [-0.39, 0.29) is 30.3 Å². The molecule has 0 aliphatic rings. The Kier molecular flexibility index (Phi) is 8.03. The smallest absolute Gasteiger partial charge is 0.254 e. The molecule has 2 rings (SSSR count). The molecule has 160 valence electrons. The van der Waals surface area contributed by atoms with Crippen molar-refractivity contribution in [2.24, 2.45) is 5.92 Å². The Morgan fingerprint density at radius 2 is 1.70 bits per heavy atom. The SMILES string of the molecule is Cc1cc(C(=O)NCC(C)C)ccc1NC(=O)CCNC(=O)c1ccc(F)cc1F. The summed E-state index contributed by atoms with van der Waals surface area (Å²) in [5, 5.41) is 7.97. The fraction of sp³-hybridized carbons (Fsp3) is 0.318. The molecule has 0 aliphatic heterocycles. The number of carbonyl (C=O) groups excluding carboxylic acids is 3. The topological polar surface area (TPSA) is 87.3 Å². The lowest BCUT2D eigenvalue weighted by Gasteiger charge is -2.12. The Hall–Kier alpha value is -3.29. The van der Waals surface area contributed by atoms with Crippen molar-refractivity contribution >= 4 is 23.4 Å². The first-order chi connectivity index (χ1) is 14.2. The van der Waals surface area contributed by atoms with Crippen LogP contribution in [0, 0.1) is 24.5 Å². The standard InChI is InChI=1S/C22H25F2N3O3/c1-13(2)12-26-21(29)15-4-7-19(14(3)10-15)27-20(28)8-9-25-22(30)17-6-5-16(23)11-18(17)24/h4-7,10-11,13H,8-9,12H2,1-3H3,(H,25,30)(H,26,29)(H,27,28). The van der Waals surface area contributed by atoms with Crippen molar-refractivity contribution in [1.82, 2.24) is 10.6 Å². The van der Waals surface area contributed by atoms with Gasteiger partial charge in [0.1, 0.15) is 11.6 Å². The number of nitrogens with one attached hydrogen (secondary N) is 3. The van der Waals surface area contributed by atoms with Gasteiger partial charge in [0.25, 0.3) is 11.8 Å². The molecule has 0 bridgehead atoms. The first kappa shape index (κ1) is 23.0. The highest BCUT2D eigenvalue weighted by molar-refractivity contribution is 5.97. The van der Waals surface area contributed by atoms with Crippen LogP contribution in [0.3, 0.4) is 0 Å². The molecule has 0 aromatic heterocycles. The number of hydrogen-bond acceptors (Lipinski definition) is 3. The molecule has 30 heavy (non-hydrogen) atoms. The van der Waals surface area contributed by atoms with Crippen LogP contribution in [0.1, 0.15) is 46.5 Å². The Morgan fingerprint density at radius 1 is 0.967 bits per heavy atom. The Morgan fingerprint density at radius 3 is 2.33 bits per heavy atom. The van der Waals surface area contributed by atoms with E-state index in [1.54, 1.807) is 25.1 Å². The van der Waals surface area contributed by atoms with E-state index in [4.69, 9.17) is 0 Å². The molecule has 0 saturated carbocycles. The molecule has 3 N–H and O–H groups in total. The van der Waals surface area contributed by atoms with Gasteiger partial charge in [-0.15, -0.1) is 0 Å². The van der Waals surface area contributed by atoms with E-state index in [9.17, 15) is 23.2 Å². The fourth-order valence-corrected chi connectivity index (χ4v) is 2.62. The Bertz CT molecular complexity index is 945. The number of amides is 3. The highest BCUT2D eigenvalue weighted by Gasteiger charge is 2.13. The molecular weight excluding hydrogens is 392 g/mol. The maximum Gasteiger partial charge on any atom is 0.254 e. The summed E-state index contributed by atoms with van der Waals surface area (Å²) in [7, 11) is 0. The van der Waals surface area contributed by atoms with E-state index in [2.05, 4.69) is 16.0 Å². The maximum atomic E-state index is 13.6. The number of hydrogen-bond donors (Lipinski definition) is 3. The lowest BCUT2D eigenvalue weighted by Crippen LogP contribution is -2.28. The highest BCUT2D eigenvalue weighted by atomic mass is 19.1. The van der Waals surface area contributed by atoms with Crippen molar-refractivity contribution in [3.05, 3.63) is 64.7 Å². The molecule has 2 aromatic carbocycles. The zero-order valence-electron chi connectivity index (χ0n) is 17.1. The Labute approximate surface area is 174 Å². The first-order valence-electron chi connectivity index (χ1n) is 9.59. The molecule has 2 aromatic rings. The molecule has 0 heterocycles. The summed E-state index contributed by atoms with van der Waals surface area (Å²) in [5.41, 5.74) is 1.48. The molecule has 0 radical (unpaired) electrons. The van der Waals surface area contributed by atoms with Gasteiger partial charge in [-0.2, -0.15) is 0 Å². The molecular formula is C22H25F2N3O3. The second kappa shape index (κ2) is 10.5. The molecule has 0 fully saturated rings. The number of anilines is 1. The number of aryl methyl sites for hydroxylation is 1. The summed E-state index contributed by atoms with van der Waals surface area (Å²) >= 11 is 0. The van der Waals surface area contributed by atoms with Gasteiger partial charge in [-0.05, 0) is 48.7 Å². The van der Waals surface area contributed by atoms with Crippen LogP contribution in [0.25, 0.3) is 0 Å². The second-order valence-electron chi connectivity index (χ2n) is 7.31. The summed E-state index contributed by atoms with van der Waals surface area (Å²) in [6, 6.07) is 7.60. The fourth-order valence-electron chi connectivity index (χ4n) is 2.62. The van der Waals surface area contributed by atoms with E-state index in [0.717, 1.165) is 17.7 Å². The summed E-state index contributed by atoms with van der Waals surface area (Å²) in [6.07, 6.45) is -0.0371. The van der Waals surface area contributed by atoms with Gasteiger partial charge in [0, 0.05) is 36.8 Å². The summed E-state index contributed by atoms with van der Waals surface area (Å²) in [5.74, 6) is -2.66.